The summed E-state index contributed by atoms with van der Waals surface area (Å²) in [6.45, 7) is 0.0509. The van der Waals surface area contributed by atoms with Crippen LogP contribution in [0.3, 0.4) is 0 Å². The highest BCUT2D eigenvalue weighted by atomic mass is 16.6. The first kappa shape index (κ1) is 14.0. The van der Waals surface area contributed by atoms with E-state index in [0.29, 0.717) is 0 Å². The molecule has 0 saturated heterocycles. The van der Waals surface area contributed by atoms with Crippen molar-refractivity contribution >= 4 is 12.1 Å². The highest BCUT2D eigenvalue weighted by Crippen LogP contribution is 2.02. The molecule has 0 unspecified atom stereocenters. The molecule has 0 aliphatic carbocycles. The number of amides is 1. The number of nitrogens with two attached hydrogens (primary N) is 1. The molecule has 0 fully saturated rings. The summed E-state index contributed by atoms with van der Waals surface area (Å²) < 4.78 is 5.01. The van der Waals surface area contributed by atoms with E-state index in [1.165, 1.54) is 7.05 Å². The third kappa shape index (κ3) is 4.42. The van der Waals surface area contributed by atoms with Crippen LogP contribution in [0, 0.1) is 0 Å². The Morgan fingerprint density at radius 2 is 2.00 bits per heavy atom. The molecule has 18 heavy (non-hydrogen) atoms. The Balaban J connectivity index is 2.39. The summed E-state index contributed by atoms with van der Waals surface area (Å²) in [6, 6.07) is 8.09. The quantitative estimate of drug-likeness (QED) is 0.803. The van der Waals surface area contributed by atoms with E-state index < -0.39 is 18.1 Å². The van der Waals surface area contributed by atoms with E-state index >= 15 is 0 Å². The number of nitrogens with zero attached hydrogens (tertiary/aromatic N) is 1. The molecule has 0 heterocycles. The van der Waals surface area contributed by atoms with Gasteiger partial charge in [-0.2, -0.15) is 0 Å². The number of aliphatic carboxylic acids is 1. The molecule has 0 saturated carbocycles. The lowest BCUT2D eigenvalue weighted by molar-refractivity contribution is -0.138. The predicted octanol–water partition coefficient (Wildman–Crippen LogP) is 0.667. The van der Waals surface area contributed by atoms with Crippen LogP contribution in [-0.2, 0) is 16.1 Å². The lowest BCUT2D eigenvalue weighted by atomic mass is 10.2. The van der Waals surface area contributed by atoms with E-state index in [-0.39, 0.29) is 13.2 Å². The van der Waals surface area contributed by atoms with Crippen LogP contribution < -0.4 is 5.73 Å². The van der Waals surface area contributed by atoms with Gasteiger partial charge in [0, 0.05) is 13.6 Å². The van der Waals surface area contributed by atoms with Gasteiger partial charge in [-0.05, 0) is 5.56 Å². The topological polar surface area (TPSA) is 92.9 Å². The molecule has 1 aromatic carbocycles. The summed E-state index contributed by atoms with van der Waals surface area (Å²) in [5, 5.41) is 8.62. The Morgan fingerprint density at radius 3 is 2.56 bits per heavy atom. The number of carbonyl (C=O) groups is 2. The molecule has 6 heteroatoms. The highest BCUT2D eigenvalue weighted by molar-refractivity contribution is 5.75. The molecule has 0 spiro atoms. The van der Waals surface area contributed by atoms with E-state index in [1.54, 1.807) is 0 Å². The van der Waals surface area contributed by atoms with Crippen LogP contribution in [0.2, 0.25) is 0 Å². The predicted molar refractivity (Wildman–Crippen MR) is 64.9 cm³/mol. The minimum atomic E-state index is -1.15. The fourth-order valence-electron chi connectivity index (χ4n) is 1.28. The fraction of sp³-hybridized carbons (Fsp3) is 0.333. The van der Waals surface area contributed by atoms with Crippen molar-refractivity contribution < 1.29 is 19.4 Å². The van der Waals surface area contributed by atoms with Gasteiger partial charge in [-0.3, -0.25) is 4.79 Å². The molecule has 1 rings (SSSR count). The Morgan fingerprint density at radius 1 is 1.39 bits per heavy atom. The minimum Gasteiger partial charge on any atom is -0.480 e. The van der Waals surface area contributed by atoms with E-state index in [0.717, 1.165) is 10.5 Å². The van der Waals surface area contributed by atoms with Crippen molar-refractivity contribution in [2.45, 2.75) is 12.6 Å². The number of hydrogen-bond donors (Lipinski definition) is 2. The number of hydrogen-bond acceptors (Lipinski definition) is 4. The Labute approximate surface area is 105 Å². The first-order valence-electron chi connectivity index (χ1n) is 5.41. The van der Waals surface area contributed by atoms with Gasteiger partial charge in [-0.15, -0.1) is 0 Å². The SMILES string of the molecule is CN(C[C@H](N)C(=O)O)C(=O)OCc1ccccc1. The maximum atomic E-state index is 11.5. The molecule has 1 aromatic rings. The number of carboxylic acids is 1. The number of benzene rings is 1. The largest absolute Gasteiger partial charge is 0.480 e. The van der Waals surface area contributed by atoms with Crippen molar-refractivity contribution in [3.63, 3.8) is 0 Å². The zero-order valence-corrected chi connectivity index (χ0v) is 10.1. The summed E-state index contributed by atoms with van der Waals surface area (Å²) in [6.07, 6.45) is -0.601. The van der Waals surface area contributed by atoms with Crippen LogP contribution in [0.4, 0.5) is 4.79 Å². The third-order valence-electron chi connectivity index (χ3n) is 2.30. The van der Waals surface area contributed by atoms with Gasteiger partial charge in [0.15, 0.2) is 0 Å². The van der Waals surface area contributed by atoms with E-state index in [9.17, 15) is 9.59 Å². The second-order valence-corrected chi connectivity index (χ2v) is 3.87. The van der Waals surface area contributed by atoms with E-state index in [2.05, 4.69) is 0 Å². The molecule has 1 atom stereocenters. The van der Waals surface area contributed by atoms with Gasteiger partial charge in [-0.1, -0.05) is 30.3 Å². The summed E-state index contributed by atoms with van der Waals surface area (Å²) in [7, 11) is 1.44. The monoisotopic (exact) mass is 252 g/mol. The van der Waals surface area contributed by atoms with Crippen LogP contribution in [0.5, 0.6) is 0 Å². The summed E-state index contributed by atoms with van der Waals surface area (Å²) in [5.74, 6) is -1.15. The zero-order chi connectivity index (χ0) is 13.5. The molecule has 0 aromatic heterocycles. The maximum absolute atomic E-state index is 11.5. The van der Waals surface area contributed by atoms with Gasteiger partial charge in [0.25, 0.3) is 0 Å². The normalized spacial score (nSPS) is 11.7. The van der Waals surface area contributed by atoms with Crippen LogP contribution >= 0.6 is 0 Å². The van der Waals surface area contributed by atoms with Crippen molar-refractivity contribution in [2.75, 3.05) is 13.6 Å². The first-order chi connectivity index (χ1) is 8.50. The molecule has 3 N–H and O–H groups in total. The van der Waals surface area contributed by atoms with Crippen molar-refractivity contribution in [2.24, 2.45) is 5.73 Å². The minimum absolute atomic E-state index is 0.0943. The van der Waals surface area contributed by atoms with Crippen LogP contribution in [0.25, 0.3) is 0 Å². The number of carbonyl (C=O) groups excluding carboxylic acids is 1. The Bertz CT molecular complexity index is 408. The number of ether oxygens (including phenoxy) is 1. The summed E-state index contributed by atoms with van der Waals surface area (Å²) in [5.41, 5.74) is 6.18. The Kier molecular flexibility index (Phi) is 5.13. The molecule has 0 bridgehead atoms. The van der Waals surface area contributed by atoms with Gasteiger partial charge in [0.05, 0.1) is 0 Å². The van der Waals surface area contributed by atoms with Crippen LogP contribution in [0.1, 0.15) is 5.56 Å². The highest BCUT2D eigenvalue weighted by Gasteiger charge is 2.18. The second-order valence-electron chi connectivity index (χ2n) is 3.87. The van der Waals surface area contributed by atoms with Crippen molar-refractivity contribution in [1.29, 1.82) is 0 Å². The molecule has 0 aliphatic heterocycles. The van der Waals surface area contributed by atoms with Crippen molar-refractivity contribution in [1.82, 2.24) is 4.90 Å². The molecular weight excluding hydrogens is 236 g/mol. The molecule has 1 amide bonds. The Hall–Kier alpha value is -2.08. The standard InChI is InChI=1S/C12H16N2O4/c1-14(7-10(13)11(15)16)12(17)18-8-9-5-3-2-4-6-9/h2-6,10H,7-8,13H2,1H3,(H,15,16)/t10-/m0/s1. The molecule has 0 radical (unpaired) electrons. The van der Waals surface area contributed by atoms with E-state index in [1.807, 2.05) is 30.3 Å². The lowest BCUT2D eigenvalue weighted by Crippen LogP contribution is -2.43. The van der Waals surface area contributed by atoms with E-state index in [4.69, 9.17) is 15.6 Å². The maximum Gasteiger partial charge on any atom is 0.409 e. The van der Waals surface area contributed by atoms with Gasteiger partial charge in [0.2, 0.25) is 0 Å². The number of carboxylic acid groups (broad SMARTS) is 1. The van der Waals surface area contributed by atoms with Crippen LogP contribution in [0.15, 0.2) is 30.3 Å². The smallest absolute Gasteiger partial charge is 0.409 e. The van der Waals surface area contributed by atoms with Crippen LogP contribution in [-0.4, -0.2) is 41.7 Å². The van der Waals surface area contributed by atoms with Crippen molar-refractivity contribution in [3.8, 4) is 0 Å². The molecular formula is C12H16N2O4. The van der Waals surface area contributed by atoms with Gasteiger partial charge < -0.3 is 20.5 Å². The molecule has 6 nitrogen and oxygen atoms in total. The van der Waals surface area contributed by atoms with Gasteiger partial charge in [0.1, 0.15) is 12.6 Å². The summed E-state index contributed by atoms with van der Waals surface area (Å²) in [4.78, 5) is 23.2. The number of rotatable bonds is 5. The fourth-order valence-corrected chi connectivity index (χ4v) is 1.28. The average molecular weight is 252 g/mol. The lowest BCUT2D eigenvalue weighted by Gasteiger charge is -2.18. The van der Waals surface area contributed by atoms with Gasteiger partial charge in [-0.25, -0.2) is 4.79 Å². The summed E-state index contributed by atoms with van der Waals surface area (Å²) >= 11 is 0. The molecule has 0 aliphatic rings. The van der Waals surface area contributed by atoms with Gasteiger partial charge >= 0.3 is 12.1 Å². The zero-order valence-electron chi connectivity index (χ0n) is 10.1. The third-order valence-corrected chi connectivity index (χ3v) is 2.30. The first-order valence-corrected chi connectivity index (χ1v) is 5.41. The molecule has 98 valence electrons. The number of likely N-dealkylation sites (N-methyl/N-ethyl adjacent to an activating group) is 1. The average Bonchev–Trinajstić information content (AvgIpc) is 2.36. The second kappa shape index (κ2) is 6.61. The van der Waals surface area contributed by atoms with Crippen molar-refractivity contribution in [3.05, 3.63) is 35.9 Å².